The second-order valence-corrected chi connectivity index (χ2v) is 6.52. The second kappa shape index (κ2) is 6.61. The van der Waals surface area contributed by atoms with Crippen molar-refractivity contribution in [2.45, 2.75) is 25.2 Å². The third-order valence-electron chi connectivity index (χ3n) is 4.98. The van der Waals surface area contributed by atoms with Gasteiger partial charge < -0.3 is 19.1 Å². The van der Waals surface area contributed by atoms with Gasteiger partial charge in [-0.3, -0.25) is 4.79 Å². The molecule has 0 atom stereocenters. The molecule has 1 amide bonds. The largest absolute Gasteiger partial charge is 0.493 e. The first-order chi connectivity index (χ1) is 12.6. The number of halogens is 1. The highest BCUT2D eigenvalue weighted by atomic mass is 19.1. The number of methoxy groups -OCH3 is 1. The summed E-state index contributed by atoms with van der Waals surface area (Å²) in [5.41, 5.74) is 1.04. The monoisotopic (exact) mass is 357 g/mol. The van der Waals surface area contributed by atoms with Crippen LogP contribution in [0.1, 0.15) is 28.8 Å². The quantitative estimate of drug-likeness (QED) is 0.827. The summed E-state index contributed by atoms with van der Waals surface area (Å²) >= 11 is 0. The smallest absolute Gasteiger partial charge is 0.256 e. The molecule has 0 N–H and O–H groups in total. The number of carbonyl (C=O) groups excluding carboxylic acids is 1. The molecule has 2 aliphatic heterocycles. The first-order valence-electron chi connectivity index (χ1n) is 8.64. The molecular weight excluding hydrogens is 337 g/mol. The summed E-state index contributed by atoms with van der Waals surface area (Å²) in [5, 5.41) is 0. The summed E-state index contributed by atoms with van der Waals surface area (Å²) in [5.74, 6) is -0.188. The number of piperidine rings is 1. The van der Waals surface area contributed by atoms with Gasteiger partial charge >= 0.3 is 0 Å². The van der Waals surface area contributed by atoms with Crippen LogP contribution in [-0.2, 0) is 11.3 Å². The van der Waals surface area contributed by atoms with Crippen LogP contribution >= 0.6 is 0 Å². The van der Waals surface area contributed by atoms with Crippen LogP contribution in [0.2, 0.25) is 0 Å². The highest BCUT2D eigenvalue weighted by Gasteiger charge is 2.43. The number of carbonyl (C=O) groups is 1. The van der Waals surface area contributed by atoms with Gasteiger partial charge in [0, 0.05) is 31.5 Å². The molecule has 2 aromatic carbocycles. The Morgan fingerprint density at radius 2 is 1.92 bits per heavy atom. The van der Waals surface area contributed by atoms with Crippen LogP contribution in [0.4, 0.5) is 4.39 Å². The molecule has 0 saturated carbocycles. The second-order valence-electron chi connectivity index (χ2n) is 6.52. The van der Waals surface area contributed by atoms with Crippen LogP contribution in [0.15, 0.2) is 42.5 Å². The molecule has 6 heteroatoms. The van der Waals surface area contributed by atoms with E-state index in [4.69, 9.17) is 14.2 Å². The van der Waals surface area contributed by atoms with Crippen LogP contribution in [0.3, 0.4) is 0 Å². The summed E-state index contributed by atoms with van der Waals surface area (Å²) in [7, 11) is 1.61. The number of amides is 1. The maximum atomic E-state index is 13.9. The molecule has 2 heterocycles. The third kappa shape index (κ3) is 2.90. The molecule has 0 radical (unpaired) electrons. The van der Waals surface area contributed by atoms with Crippen LogP contribution in [0, 0.1) is 5.82 Å². The first-order valence-corrected chi connectivity index (χ1v) is 8.64. The Bertz CT molecular complexity index is 816. The number of fused-ring (bicyclic) bond motifs is 1. The zero-order valence-electron chi connectivity index (χ0n) is 14.5. The van der Waals surface area contributed by atoms with E-state index >= 15 is 0 Å². The van der Waals surface area contributed by atoms with E-state index in [1.165, 1.54) is 12.1 Å². The number of benzene rings is 2. The molecule has 1 fully saturated rings. The van der Waals surface area contributed by atoms with Gasteiger partial charge in [-0.25, -0.2) is 4.39 Å². The molecule has 2 aliphatic rings. The Balaban J connectivity index is 1.48. The minimum absolute atomic E-state index is 0.0981. The summed E-state index contributed by atoms with van der Waals surface area (Å²) in [6.45, 7) is 1.32. The predicted octanol–water partition coefficient (Wildman–Crippen LogP) is 3.38. The molecule has 26 heavy (non-hydrogen) atoms. The van der Waals surface area contributed by atoms with E-state index in [1.54, 1.807) is 24.1 Å². The minimum atomic E-state index is -0.770. The van der Waals surface area contributed by atoms with Crippen molar-refractivity contribution in [2.24, 2.45) is 0 Å². The topological polar surface area (TPSA) is 48.0 Å². The van der Waals surface area contributed by atoms with Gasteiger partial charge in [-0.2, -0.15) is 0 Å². The molecule has 4 rings (SSSR count). The highest BCUT2D eigenvalue weighted by molar-refractivity contribution is 5.94. The fraction of sp³-hybridized carbons (Fsp3) is 0.350. The number of hydrogen-bond acceptors (Lipinski definition) is 4. The molecule has 2 aromatic rings. The van der Waals surface area contributed by atoms with Crippen LogP contribution in [0.25, 0.3) is 0 Å². The number of nitrogens with zero attached hydrogens (tertiary/aromatic N) is 1. The number of rotatable bonds is 2. The van der Waals surface area contributed by atoms with Gasteiger partial charge in [0.1, 0.15) is 5.82 Å². The maximum absolute atomic E-state index is 13.9. The number of para-hydroxylation sites is 1. The van der Waals surface area contributed by atoms with E-state index in [1.807, 2.05) is 18.2 Å². The fourth-order valence-corrected chi connectivity index (χ4v) is 3.48. The molecule has 1 saturated heterocycles. The Labute approximate surface area is 151 Å². The van der Waals surface area contributed by atoms with Crippen LogP contribution < -0.4 is 9.47 Å². The van der Waals surface area contributed by atoms with Crippen molar-refractivity contribution in [3.8, 4) is 11.5 Å². The van der Waals surface area contributed by atoms with Gasteiger partial charge in [0.2, 0.25) is 5.79 Å². The minimum Gasteiger partial charge on any atom is -0.493 e. The van der Waals surface area contributed by atoms with E-state index in [2.05, 4.69) is 0 Å². The van der Waals surface area contributed by atoms with Crippen molar-refractivity contribution in [3.63, 3.8) is 0 Å². The average molecular weight is 357 g/mol. The number of likely N-dealkylation sites (tertiary alicyclic amines) is 1. The Kier molecular flexibility index (Phi) is 4.28. The average Bonchev–Trinajstić information content (AvgIpc) is 2.68. The molecule has 0 bridgehead atoms. The lowest BCUT2D eigenvalue weighted by Gasteiger charge is -2.44. The Morgan fingerprint density at radius 1 is 1.15 bits per heavy atom. The summed E-state index contributed by atoms with van der Waals surface area (Å²) in [6, 6.07) is 11.8. The van der Waals surface area contributed by atoms with Gasteiger partial charge in [-0.05, 0) is 18.2 Å². The molecular formula is C20H20FNO4. The SMILES string of the molecule is COc1cccc2c1OC1(CCN(C(=O)c3ccccc3F)CC1)OC2. The number of ether oxygens (including phenoxy) is 3. The van der Waals surface area contributed by atoms with E-state index in [9.17, 15) is 9.18 Å². The highest BCUT2D eigenvalue weighted by Crippen LogP contribution is 2.42. The van der Waals surface area contributed by atoms with Crippen LogP contribution in [0.5, 0.6) is 11.5 Å². The summed E-state index contributed by atoms with van der Waals surface area (Å²) < 4.78 is 31.5. The Hall–Kier alpha value is -2.60. The van der Waals surface area contributed by atoms with E-state index < -0.39 is 11.6 Å². The van der Waals surface area contributed by atoms with E-state index in [0.29, 0.717) is 44.0 Å². The zero-order valence-corrected chi connectivity index (χ0v) is 14.5. The summed E-state index contributed by atoms with van der Waals surface area (Å²) in [6.07, 6.45) is 1.04. The standard InChI is InChI=1S/C20H20FNO4/c1-24-17-8-4-5-14-13-25-20(26-18(14)17)9-11-22(12-10-20)19(23)15-6-2-3-7-16(15)21/h2-8H,9-13H2,1H3. The zero-order chi connectivity index (χ0) is 18.1. The van der Waals surface area contributed by atoms with E-state index in [0.717, 1.165) is 5.56 Å². The molecule has 0 aliphatic carbocycles. The van der Waals surface area contributed by atoms with Gasteiger partial charge in [0.25, 0.3) is 5.91 Å². The van der Waals surface area contributed by atoms with Crippen molar-refractivity contribution in [1.82, 2.24) is 4.90 Å². The molecule has 136 valence electrons. The van der Waals surface area contributed by atoms with Crippen molar-refractivity contribution < 1.29 is 23.4 Å². The van der Waals surface area contributed by atoms with Gasteiger partial charge in [0.15, 0.2) is 11.5 Å². The third-order valence-corrected chi connectivity index (χ3v) is 4.98. The van der Waals surface area contributed by atoms with Crippen molar-refractivity contribution in [2.75, 3.05) is 20.2 Å². The van der Waals surface area contributed by atoms with Crippen molar-refractivity contribution in [1.29, 1.82) is 0 Å². The Morgan fingerprint density at radius 3 is 2.65 bits per heavy atom. The first kappa shape index (κ1) is 16.8. The van der Waals surface area contributed by atoms with Crippen molar-refractivity contribution >= 4 is 5.91 Å². The maximum Gasteiger partial charge on any atom is 0.256 e. The van der Waals surface area contributed by atoms with Gasteiger partial charge in [0.05, 0.1) is 19.3 Å². The summed E-state index contributed by atoms with van der Waals surface area (Å²) in [4.78, 5) is 14.2. The van der Waals surface area contributed by atoms with E-state index in [-0.39, 0.29) is 11.5 Å². The lowest BCUT2D eigenvalue weighted by atomic mass is 10.00. The lowest BCUT2D eigenvalue weighted by molar-refractivity contribution is -0.226. The molecule has 0 aromatic heterocycles. The molecule has 1 spiro atoms. The fourth-order valence-electron chi connectivity index (χ4n) is 3.48. The van der Waals surface area contributed by atoms with Gasteiger partial charge in [-0.1, -0.05) is 24.3 Å². The van der Waals surface area contributed by atoms with Crippen molar-refractivity contribution in [3.05, 3.63) is 59.4 Å². The van der Waals surface area contributed by atoms with Gasteiger partial charge in [-0.15, -0.1) is 0 Å². The van der Waals surface area contributed by atoms with Crippen LogP contribution in [-0.4, -0.2) is 36.8 Å². The molecule has 5 nitrogen and oxygen atoms in total. The molecule has 0 unspecified atom stereocenters. The predicted molar refractivity (Wildman–Crippen MR) is 92.7 cm³/mol. The normalized spacial score (nSPS) is 18.2. The number of hydrogen-bond donors (Lipinski definition) is 0. The lowest BCUT2D eigenvalue weighted by Crippen LogP contribution is -2.52.